The summed E-state index contributed by atoms with van der Waals surface area (Å²) in [6.45, 7) is 20.7. The van der Waals surface area contributed by atoms with Crippen LogP contribution in [0, 0.1) is 11.8 Å². The van der Waals surface area contributed by atoms with Gasteiger partial charge in [-0.2, -0.15) is 0 Å². The molecule has 0 atom stereocenters. The first-order valence-corrected chi connectivity index (χ1v) is 9.46. The van der Waals surface area contributed by atoms with E-state index in [4.69, 9.17) is 0 Å². The zero-order valence-corrected chi connectivity index (χ0v) is 17.5. The highest BCUT2D eigenvalue weighted by atomic mass is 14.3. The Morgan fingerprint density at radius 2 is 1.04 bits per heavy atom. The molecule has 2 aromatic carbocycles. The first kappa shape index (κ1) is 18.2. The molecule has 0 saturated carbocycles. The normalized spacial score (nSPS) is 15.5. The summed E-state index contributed by atoms with van der Waals surface area (Å²) in [7, 11) is 0. The molecule has 0 heterocycles. The molecule has 1 radical (unpaired) electrons. The maximum atomic E-state index is 2.40. The Morgan fingerprint density at radius 3 is 1.48 bits per heavy atom. The SMILES string of the molecule is CC(C)(C)C1=Cc2cc(C(C)(C)C)cc3cc(C(C)(C)C)cc(c23)[CH]1. The van der Waals surface area contributed by atoms with Crippen molar-refractivity contribution >= 4 is 16.8 Å². The van der Waals surface area contributed by atoms with E-state index < -0.39 is 0 Å². The molecule has 0 N–H and O–H groups in total. The van der Waals surface area contributed by atoms with Gasteiger partial charge in [0.1, 0.15) is 0 Å². The predicted molar refractivity (Wildman–Crippen MR) is 112 cm³/mol. The molecule has 0 bridgehead atoms. The van der Waals surface area contributed by atoms with Gasteiger partial charge in [0.15, 0.2) is 0 Å². The van der Waals surface area contributed by atoms with Gasteiger partial charge in [-0.15, -0.1) is 0 Å². The van der Waals surface area contributed by atoms with Crippen LogP contribution in [0.3, 0.4) is 0 Å². The van der Waals surface area contributed by atoms with E-state index in [-0.39, 0.29) is 16.2 Å². The van der Waals surface area contributed by atoms with Crippen LogP contribution in [0.2, 0.25) is 0 Å². The third kappa shape index (κ3) is 3.41. The Kier molecular flexibility index (Phi) is 3.99. The summed E-state index contributed by atoms with van der Waals surface area (Å²) < 4.78 is 0. The topological polar surface area (TPSA) is 0 Å². The van der Waals surface area contributed by atoms with E-state index in [2.05, 4.69) is 99.1 Å². The highest BCUT2D eigenvalue weighted by Gasteiger charge is 2.26. The second kappa shape index (κ2) is 5.47. The van der Waals surface area contributed by atoms with Crippen molar-refractivity contribution in [3.63, 3.8) is 0 Å². The Labute approximate surface area is 154 Å². The number of benzene rings is 2. The second-order valence-corrected chi connectivity index (χ2v) is 10.7. The summed E-state index contributed by atoms with van der Waals surface area (Å²) in [4.78, 5) is 0. The number of rotatable bonds is 0. The lowest BCUT2D eigenvalue weighted by atomic mass is 9.74. The van der Waals surface area contributed by atoms with E-state index in [0.29, 0.717) is 0 Å². The van der Waals surface area contributed by atoms with Crippen molar-refractivity contribution in [1.29, 1.82) is 0 Å². The summed E-state index contributed by atoms with van der Waals surface area (Å²) in [5.74, 6) is 0. The lowest BCUT2D eigenvalue weighted by Gasteiger charge is -2.30. The minimum absolute atomic E-state index is 0.152. The quantitative estimate of drug-likeness (QED) is 0.470. The molecule has 0 nitrogen and oxygen atoms in total. The lowest BCUT2D eigenvalue weighted by Crippen LogP contribution is -2.17. The minimum Gasteiger partial charge on any atom is -0.0564 e. The highest BCUT2D eigenvalue weighted by Crippen LogP contribution is 2.43. The van der Waals surface area contributed by atoms with Crippen LogP contribution in [0.5, 0.6) is 0 Å². The van der Waals surface area contributed by atoms with Crippen molar-refractivity contribution in [1.82, 2.24) is 0 Å². The largest absolute Gasteiger partial charge is 0.0564 e. The second-order valence-electron chi connectivity index (χ2n) is 10.7. The number of hydrogen-bond donors (Lipinski definition) is 0. The van der Waals surface area contributed by atoms with Gasteiger partial charge < -0.3 is 0 Å². The maximum Gasteiger partial charge on any atom is 0.0170 e. The van der Waals surface area contributed by atoms with E-state index >= 15 is 0 Å². The molecule has 1 aliphatic carbocycles. The summed E-state index contributed by atoms with van der Waals surface area (Å²) >= 11 is 0. The van der Waals surface area contributed by atoms with Gasteiger partial charge in [-0.1, -0.05) is 98.2 Å². The van der Waals surface area contributed by atoms with Crippen LogP contribution in [0.15, 0.2) is 29.8 Å². The van der Waals surface area contributed by atoms with Crippen LogP contribution in [0.25, 0.3) is 16.8 Å². The van der Waals surface area contributed by atoms with Crippen LogP contribution in [0.4, 0.5) is 0 Å². The summed E-state index contributed by atoms with van der Waals surface area (Å²) in [6.07, 6.45) is 4.81. The molecule has 0 aromatic heterocycles. The zero-order valence-electron chi connectivity index (χ0n) is 17.5. The zero-order chi connectivity index (χ0) is 18.8. The van der Waals surface area contributed by atoms with Gasteiger partial charge >= 0.3 is 0 Å². The van der Waals surface area contributed by atoms with Gasteiger partial charge in [-0.05, 0) is 49.3 Å². The van der Waals surface area contributed by atoms with Gasteiger partial charge in [0.2, 0.25) is 0 Å². The van der Waals surface area contributed by atoms with E-state index in [1.807, 2.05) is 0 Å². The van der Waals surface area contributed by atoms with Crippen molar-refractivity contribution in [2.75, 3.05) is 0 Å². The van der Waals surface area contributed by atoms with Gasteiger partial charge in [0, 0.05) is 6.42 Å². The molecule has 0 amide bonds. The molecule has 0 spiro atoms. The molecule has 25 heavy (non-hydrogen) atoms. The molecule has 0 saturated heterocycles. The number of allylic oxidation sites excluding steroid dienone is 1. The molecule has 0 unspecified atom stereocenters. The van der Waals surface area contributed by atoms with Gasteiger partial charge in [0.05, 0.1) is 0 Å². The Bertz CT molecular complexity index is 851. The first-order chi connectivity index (χ1) is 11.3. The van der Waals surface area contributed by atoms with Gasteiger partial charge in [0.25, 0.3) is 0 Å². The monoisotopic (exact) mass is 333 g/mol. The summed E-state index contributed by atoms with van der Waals surface area (Å²) in [5.41, 5.74) is 7.46. The third-order valence-corrected chi connectivity index (χ3v) is 5.33. The summed E-state index contributed by atoms with van der Waals surface area (Å²) in [6, 6.07) is 9.62. The fourth-order valence-corrected chi connectivity index (χ4v) is 3.49. The first-order valence-electron chi connectivity index (χ1n) is 9.46. The fourth-order valence-electron chi connectivity index (χ4n) is 3.49. The van der Waals surface area contributed by atoms with Crippen molar-refractivity contribution in [3.8, 4) is 0 Å². The predicted octanol–water partition coefficient (Wildman–Crippen LogP) is 7.43. The molecule has 0 heteroatoms. The molecule has 1 aliphatic rings. The summed E-state index contributed by atoms with van der Waals surface area (Å²) in [5, 5.41) is 2.79. The standard InChI is InChI=1S/C25H33/c1-23(2,3)19-10-16-12-20(24(4,5)6)14-18-15-21(25(7,8)9)13-17(11-19)22(16)18/h10-15H,1-9H3. The van der Waals surface area contributed by atoms with E-state index in [0.717, 1.165) is 0 Å². The van der Waals surface area contributed by atoms with Crippen LogP contribution in [0.1, 0.15) is 84.6 Å². The van der Waals surface area contributed by atoms with E-state index in [9.17, 15) is 0 Å². The van der Waals surface area contributed by atoms with E-state index in [1.165, 1.54) is 38.6 Å². The van der Waals surface area contributed by atoms with Gasteiger partial charge in [-0.3, -0.25) is 0 Å². The van der Waals surface area contributed by atoms with Crippen LogP contribution >= 0.6 is 0 Å². The fraction of sp³-hybridized carbons (Fsp3) is 0.480. The van der Waals surface area contributed by atoms with Crippen LogP contribution in [-0.4, -0.2) is 0 Å². The molecule has 0 fully saturated rings. The average Bonchev–Trinajstić information content (AvgIpc) is 2.43. The molecular weight excluding hydrogens is 300 g/mol. The molecular formula is C25H33. The number of hydrogen-bond acceptors (Lipinski definition) is 0. The van der Waals surface area contributed by atoms with Crippen LogP contribution in [-0.2, 0) is 10.8 Å². The Morgan fingerprint density at radius 1 is 0.560 bits per heavy atom. The molecule has 0 aliphatic heterocycles. The van der Waals surface area contributed by atoms with E-state index in [1.54, 1.807) is 0 Å². The van der Waals surface area contributed by atoms with Crippen molar-refractivity contribution in [3.05, 3.63) is 58.5 Å². The lowest BCUT2D eigenvalue weighted by molar-refractivity contribution is 0.514. The van der Waals surface area contributed by atoms with Crippen molar-refractivity contribution in [2.45, 2.75) is 73.1 Å². The third-order valence-electron chi connectivity index (χ3n) is 5.33. The highest BCUT2D eigenvalue weighted by molar-refractivity contribution is 5.98. The smallest absolute Gasteiger partial charge is 0.0170 e. The Balaban J connectivity index is 2.37. The van der Waals surface area contributed by atoms with Crippen molar-refractivity contribution < 1.29 is 0 Å². The van der Waals surface area contributed by atoms with Gasteiger partial charge in [-0.25, -0.2) is 0 Å². The average molecular weight is 334 g/mol. The molecule has 133 valence electrons. The molecule has 2 aromatic rings. The Hall–Kier alpha value is -1.56. The molecule has 3 rings (SSSR count). The maximum absolute atomic E-state index is 2.40. The van der Waals surface area contributed by atoms with Crippen LogP contribution < -0.4 is 0 Å². The van der Waals surface area contributed by atoms with Crippen molar-refractivity contribution in [2.24, 2.45) is 5.41 Å². The minimum atomic E-state index is 0.152.